The SMILES string of the molecule is CCOC(=O)CCCC(N)c1cc(OC)ccc1OC. The molecule has 0 spiro atoms. The highest BCUT2D eigenvalue weighted by Gasteiger charge is 2.14. The van der Waals surface area contributed by atoms with E-state index in [-0.39, 0.29) is 12.0 Å². The van der Waals surface area contributed by atoms with E-state index in [1.54, 1.807) is 21.1 Å². The Labute approximate surface area is 120 Å². The van der Waals surface area contributed by atoms with E-state index in [1.807, 2.05) is 18.2 Å². The molecule has 0 saturated heterocycles. The fraction of sp³-hybridized carbons (Fsp3) is 0.533. The number of hydrogen-bond donors (Lipinski definition) is 1. The minimum absolute atomic E-state index is 0.183. The Morgan fingerprint density at radius 1 is 1.30 bits per heavy atom. The second kappa shape index (κ2) is 8.43. The quantitative estimate of drug-likeness (QED) is 0.741. The van der Waals surface area contributed by atoms with E-state index in [2.05, 4.69) is 0 Å². The third kappa shape index (κ3) is 4.74. The average Bonchev–Trinajstić information content (AvgIpc) is 2.46. The van der Waals surface area contributed by atoms with Crippen LogP contribution in [0.4, 0.5) is 0 Å². The van der Waals surface area contributed by atoms with Crippen LogP contribution >= 0.6 is 0 Å². The van der Waals surface area contributed by atoms with Crippen LogP contribution in [0.5, 0.6) is 11.5 Å². The Bertz CT molecular complexity index is 434. The van der Waals surface area contributed by atoms with Crippen molar-refractivity contribution >= 4 is 5.97 Å². The average molecular weight is 281 g/mol. The Hall–Kier alpha value is -1.75. The van der Waals surface area contributed by atoms with Crippen molar-refractivity contribution in [1.29, 1.82) is 0 Å². The molecule has 112 valence electrons. The predicted octanol–water partition coefficient (Wildman–Crippen LogP) is 2.44. The molecule has 5 nitrogen and oxygen atoms in total. The van der Waals surface area contributed by atoms with Crippen LogP contribution < -0.4 is 15.2 Å². The van der Waals surface area contributed by atoms with Crippen molar-refractivity contribution in [2.45, 2.75) is 32.2 Å². The van der Waals surface area contributed by atoms with Gasteiger partial charge in [-0.1, -0.05) is 0 Å². The Balaban J connectivity index is 2.61. The van der Waals surface area contributed by atoms with Crippen molar-refractivity contribution in [2.75, 3.05) is 20.8 Å². The van der Waals surface area contributed by atoms with Crippen LogP contribution in [0.25, 0.3) is 0 Å². The van der Waals surface area contributed by atoms with E-state index >= 15 is 0 Å². The summed E-state index contributed by atoms with van der Waals surface area (Å²) >= 11 is 0. The number of methoxy groups -OCH3 is 2. The smallest absolute Gasteiger partial charge is 0.305 e. The number of carbonyl (C=O) groups is 1. The number of nitrogens with two attached hydrogens (primary N) is 1. The molecule has 20 heavy (non-hydrogen) atoms. The third-order valence-electron chi connectivity index (χ3n) is 3.04. The van der Waals surface area contributed by atoms with Crippen molar-refractivity contribution in [3.63, 3.8) is 0 Å². The Morgan fingerprint density at radius 3 is 2.65 bits per heavy atom. The molecular weight excluding hydrogens is 258 g/mol. The van der Waals surface area contributed by atoms with Crippen LogP contribution in [-0.4, -0.2) is 26.8 Å². The lowest BCUT2D eigenvalue weighted by atomic mass is 10.0. The lowest BCUT2D eigenvalue weighted by Gasteiger charge is -2.16. The van der Waals surface area contributed by atoms with E-state index in [4.69, 9.17) is 19.9 Å². The maximum absolute atomic E-state index is 11.3. The maximum atomic E-state index is 11.3. The molecule has 0 aliphatic rings. The molecule has 0 aliphatic heterocycles. The van der Waals surface area contributed by atoms with Gasteiger partial charge in [-0.25, -0.2) is 0 Å². The molecule has 2 N–H and O–H groups in total. The normalized spacial score (nSPS) is 11.8. The van der Waals surface area contributed by atoms with Gasteiger partial charge in [0.2, 0.25) is 0 Å². The summed E-state index contributed by atoms with van der Waals surface area (Å²) < 4.78 is 15.4. The third-order valence-corrected chi connectivity index (χ3v) is 3.04. The molecule has 0 heterocycles. The van der Waals surface area contributed by atoms with Crippen LogP contribution in [0.15, 0.2) is 18.2 Å². The van der Waals surface area contributed by atoms with Gasteiger partial charge >= 0.3 is 5.97 Å². The summed E-state index contributed by atoms with van der Waals surface area (Å²) in [6.45, 7) is 2.21. The number of hydrogen-bond acceptors (Lipinski definition) is 5. The number of rotatable bonds is 8. The van der Waals surface area contributed by atoms with E-state index in [0.29, 0.717) is 25.9 Å². The first-order chi connectivity index (χ1) is 9.62. The van der Waals surface area contributed by atoms with E-state index < -0.39 is 0 Å². The number of carbonyl (C=O) groups excluding carboxylic acids is 1. The lowest BCUT2D eigenvalue weighted by molar-refractivity contribution is -0.143. The summed E-state index contributed by atoms with van der Waals surface area (Å²) in [5.41, 5.74) is 7.05. The Morgan fingerprint density at radius 2 is 2.05 bits per heavy atom. The summed E-state index contributed by atoms with van der Waals surface area (Å²) in [4.78, 5) is 11.3. The summed E-state index contributed by atoms with van der Waals surface area (Å²) in [7, 11) is 3.22. The summed E-state index contributed by atoms with van der Waals surface area (Å²) in [6.07, 6.45) is 1.75. The molecule has 1 aromatic carbocycles. The van der Waals surface area contributed by atoms with Gasteiger partial charge in [-0.05, 0) is 38.0 Å². The standard InChI is InChI=1S/C15H23NO4/c1-4-20-15(17)7-5-6-13(16)12-10-11(18-2)8-9-14(12)19-3/h8-10,13H,4-7,16H2,1-3H3. The van der Waals surface area contributed by atoms with Crippen molar-refractivity contribution in [2.24, 2.45) is 5.73 Å². The fourth-order valence-electron chi connectivity index (χ4n) is 1.98. The molecule has 0 aromatic heterocycles. The number of benzene rings is 1. The van der Waals surface area contributed by atoms with Crippen molar-refractivity contribution in [3.8, 4) is 11.5 Å². The first-order valence-corrected chi connectivity index (χ1v) is 6.75. The first kappa shape index (κ1) is 16.3. The molecule has 0 fully saturated rings. The van der Waals surface area contributed by atoms with Crippen molar-refractivity contribution in [3.05, 3.63) is 23.8 Å². The largest absolute Gasteiger partial charge is 0.497 e. The highest BCUT2D eigenvalue weighted by Crippen LogP contribution is 2.30. The van der Waals surface area contributed by atoms with Gasteiger partial charge in [0.05, 0.1) is 20.8 Å². The summed E-state index contributed by atoms with van der Waals surface area (Å²) in [5.74, 6) is 1.29. The minimum Gasteiger partial charge on any atom is -0.497 e. The van der Waals surface area contributed by atoms with Gasteiger partial charge in [-0.2, -0.15) is 0 Å². The van der Waals surface area contributed by atoms with Gasteiger partial charge in [-0.15, -0.1) is 0 Å². The van der Waals surface area contributed by atoms with E-state index in [1.165, 1.54) is 0 Å². The topological polar surface area (TPSA) is 70.8 Å². The van der Waals surface area contributed by atoms with Gasteiger partial charge in [0, 0.05) is 18.0 Å². The van der Waals surface area contributed by atoms with Crippen molar-refractivity contribution < 1.29 is 19.0 Å². The fourth-order valence-corrected chi connectivity index (χ4v) is 1.98. The van der Waals surface area contributed by atoms with Crippen LogP contribution in [0.1, 0.15) is 37.8 Å². The summed E-state index contributed by atoms with van der Waals surface area (Å²) in [6, 6.07) is 5.33. The zero-order valence-electron chi connectivity index (χ0n) is 12.3. The number of esters is 1. The zero-order valence-corrected chi connectivity index (χ0v) is 12.3. The van der Waals surface area contributed by atoms with Crippen LogP contribution in [-0.2, 0) is 9.53 Å². The van der Waals surface area contributed by atoms with Crippen LogP contribution in [0.2, 0.25) is 0 Å². The van der Waals surface area contributed by atoms with Gasteiger partial charge < -0.3 is 19.9 Å². The molecule has 0 aliphatic carbocycles. The highest BCUT2D eigenvalue weighted by atomic mass is 16.5. The van der Waals surface area contributed by atoms with E-state index in [9.17, 15) is 4.79 Å². The second-order valence-corrected chi connectivity index (χ2v) is 4.41. The van der Waals surface area contributed by atoms with Crippen LogP contribution in [0, 0.1) is 0 Å². The maximum Gasteiger partial charge on any atom is 0.305 e. The molecule has 1 rings (SSSR count). The Kier molecular flexibility index (Phi) is 6.87. The van der Waals surface area contributed by atoms with Gasteiger partial charge in [0.1, 0.15) is 11.5 Å². The first-order valence-electron chi connectivity index (χ1n) is 6.75. The molecule has 0 bridgehead atoms. The molecule has 1 atom stereocenters. The zero-order chi connectivity index (χ0) is 15.0. The monoisotopic (exact) mass is 281 g/mol. The molecule has 5 heteroatoms. The molecule has 0 radical (unpaired) electrons. The van der Waals surface area contributed by atoms with Crippen molar-refractivity contribution in [1.82, 2.24) is 0 Å². The molecule has 0 saturated carbocycles. The lowest BCUT2D eigenvalue weighted by Crippen LogP contribution is -2.13. The molecule has 1 unspecified atom stereocenters. The molecule has 1 aromatic rings. The molecule has 0 amide bonds. The van der Waals surface area contributed by atoms with Gasteiger partial charge in [-0.3, -0.25) is 4.79 Å². The van der Waals surface area contributed by atoms with E-state index in [0.717, 1.165) is 17.1 Å². The second-order valence-electron chi connectivity index (χ2n) is 4.41. The predicted molar refractivity (Wildman–Crippen MR) is 77.0 cm³/mol. The number of ether oxygens (including phenoxy) is 3. The molecular formula is C15H23NO4. The summed E-state index contributed by atoms with van der Waals surface area (Å²) in [5, 5.41) is 0. The van der Waals surface area contributed by atoms with Gasteiger partial charge in [0.25, 0.3) is 0 Å². The van der Waals surface area contributed by atoms with Gasteiger partial charge in [0.15, 0.2) is 0 Å². The van der Waals surface area contributed by atoms with Crippen LogP contribution in [0.3, 0.4) is 0 Å². The highest BCUT2D eigenvalue weighted by molar-refractivity contribution is 5.69. The minimum atomic E-state index is -0.200.